The molecule has 0 spiro atoms. The van der Waals surface area contributed by atoms with Crippen molar-refractivity contribution in [1.82, 2.24) is 10.2 Å². The minimum absolute atomic E-state index is 0.0830. The molecular formula is C12H15FN2O. The molecule has 1 amide bonds. The van der Waals surface area contributed by atoms with Crippen molar-refractivity contribution < 1.29 is 9.18 Å². The predicted molar refractivity (Wildman–Crippen MR) is 59.9 cm³/mol. The molecule has 1 N–H and O–H groups in total. The second-order valence-electron chi connectivity index (χ2n) is 4.01. The van der Waals surface area contributed by atoms with E-state index in [9.17, 15) is 9.18 Å². The van der Waals surface area contributed by atoms with Crippen LogP contribution in [-0.4, -0.2) is 37.0 Å². The first kappa shape index (κ1) is 11.1. The van der Waals surface area contributed by atoms with Crippen molar-refractivity contribution in [2.75, 3.05) is 26.2 Å². The van der Waals surface area contributed by atoms with Crippen LogP contribution in [0.4, 0.5) is 4.39 Å². The number of hydrogen-bond donors (Lipinski definition) is 1. The van der Waals surface area contributed by atoms with Gasteiger partial charge in [0.1, 0.15) is 5.82 Å². The van der Waals surface area contributed by atoms with Gasteiger partial charge in [-0.1, -0.05) is 6.07 Å². The second-order valence-corrected chi connectivity index (χ2v) is 4.01. The molecule has 1 aliphatic heterocycles. The van der Waals surface area contributed by atoms with E-state index in [0.29, 0.717) is 24.2 Å². The third-order valence-electron chi connectivity index (χ3n) is 2.82. The van der Waals surface area contributed by atoms with Gasteiger partial charge >= 0.3 is 0 Å². The molecule has 0 aromatic heterocycles. The molecule has 1 fully saturated rings. The van der Waals surface area contributed by atoms with Gasteiger partial charge in [0.2, 0.25) is 0 Å². The highest BCUT2D eigenvalue weighted by atomic mass is 19.1. The molecule has 0 radical (unpaired) electrons. The smallest absolute Gasteiger partial charge is 0.254 e. The van der Waals surface area contributed by atoms with Crippen molar-refractivity contribution in [3.8, 4) is 0 Å². The standard InChI is InChI=1S/C12H15FN2O/c1-9-2-3-10(8-11(9)13)12(16)15-6-4-14-5-7-15/h2-3,8,14H,4-7H2,1H3. The Morgan fingerprint density at radius 3 is 2.69 bits per heavy atom. The Bertz CT molecular complexity index is 400. The monoisotopic (exact) mass is 222 g/mol. The quantitative estimate of drug-likeness (QED) is 0.774. The summed E-state index contributed by atoms with van der Waals surface area (Å²) >= 11 is 0. The van der Waals surface area contributed by atoms with E-state index >= 15 is 0 Å². The molecule has 0 saturated carbocycles. The number of hydrogen-bond acceptors (Lipinski definition) is 2. The molecule has 4 heteroatoms. The minimum Gasteiger partial charge on any atom is -0.336 e. The zero-order chi connectivity index (χ0) is 11.5. The lowest BCUT2D eigenvalue weighted by atomic mass is 10.1. The summed E-state index contributed by atoms with van der Waals surface area (Å²) in [5.74, 6) is -0.401. The first-order chi connectivity index (χ1) is 7.68. The van der Waals surface area contributed by atoms with Gasteiger partial charge in [-0.25, -0.2) is 4.39 Å². The van der Waals surface area contributed by atoms with Gasteiger partial charge < -0.3 is 10.2 Å². The lowest BCUT2D eigenvalue weighted by Gasteiger charge is -2.27. The van der Waals surface area contributed by atoms with Crippen molar-refractivity contribution in [1.29, 1.82) is 0 Å². The number of benzene rings is 1. The van der Waals surface area contributed by atoms with Crippen molar-refractivity contribution in [3.63, 3.8) is 0 Å². The van der Waals surface area contributed by atoms with Crippen molar-refractivity contribution in [3.05, 3.63) is 35.1 Å². The van der Waals surface area contributed by atoms with E-state index in [1.807, 2.05) is 0 Å². The average Bonchev–Trinajstić information content (AvgIpc) is 2.33. The fourth-order valence-corrected chi connectivity index (χ4v) is 1.78. The average molecular weight is 222 g/mol. The Kier molecular flexibility index (Phi) is 3.19. The van der Waals surface area contributed by atoms with Crippen LogP contribution in [0.5, 0.6) is 0 Å². The van der Waals surface area contributed by atoms with E-state index in [0.717, 1.165) is 13.1 Å². The van der Waals surface area contributed by atoms with Crippen LogP contribution in [-0.2, 0) is 0 Å². The number of halogens is 1. The van der Waals surface area contributed by atoms with Gasteiger partial charge in [0.25, 0.3) is 5.91 Å². The van der Waals surface area contributed by atoms with Crippen LogP contribution in [0, 0.1) is 12.7 Å². The fraction of sp³-hybridized carbons (Fsp3) is 0.417. The Morgan fingerprint density at radius 2 is 2.06 bits per heavy atom. The number of rotatable bonds is 1. The first-order valence-corrected chi connectivity index (χ1v) is 5.44. The second kappa shape index (κ2) is 4.61. The molecule has 1 aromatic carbocycles. The van der Waals surface area contributed by atoms with Crippen LogP contribution in [0.15, 0.2) is 18.2 Å². The highest BCUT2D eigenvalue weighted by Crippen LogP contribution is 2.11. The summed E-state index contributed by atoms with van der Waals surface area (Å²) in [4.78, 5) is 13.7. The van der Waals surface area contributed by atoms with Gasteiger partial charge in [-0.15, -0.1) is 0 Å². The Morgan fingerprint density at radius 1 is 1.38 bits per heavy atom. The summed E-state index contributed by atoms with van der Waals surface area (Å²) in [5.41, 5.74) is 1.00. The fourth-order valence-electron chi connectivity index (χ4n) is 1.78. The van der Waals surface area contributed by atoms with Gasteiger partial charge in [-0.3, -0.25) is 4.79 Å². The molecule has 3 nitrogen and oxygen atoms in total. The maximum atomic E-state index is 13.3. The van der Waals surface area contributed by atoms with E-state index in [1.54, 1.807) is 24.0 Å². The number of amides is 1. The maximum Gasteiger partial charge on any atom is 0.254 e. The first-order valence-electron chi connectivity index (χ1n) is 5.44. The van der Waals surface area contributed by atoms with E-state index in [4.69, 9.17) is 0 Å². The van der Waals surface area contributed by atoms with Gasteiger partial charge in [-0.2, -0.15) is 0 Å². The molecule has 0 unspecified atom stereocenters. The number of piperazine rings is 1. The summed E-state index contributed by atoms with van der Waals surface area (Å²) in [6.45, 7) is 4.68. The molecule has 16 heavy (non-hydrogen) atoms. The molecule has 2 rings (SSSR count). The van der Waals surface area contributed by atoms with E-state index in [-0.39, 0.29) is 11.7 Å². The van der Waals surface area contributed by atoms with Gasteiger partial charge in [-0.05, 0) is 24.6 Å². The maximum absolute atomic E-state index is 13.3. The number of carbonyl (C=O) groups excluding carboxylic acids is 1. The number of nitrogens with one attached hydrogen (secondary N) is 1. The third kappa shape index (κ3) is 2.22. The predicted octanol–water partition coefficient (Wildman–Crippen LogP) is 1.18. The van der Waals surface area contributed by atoms with Crippen LogP contribution in [0.3, 0.4) is 0 Å². The highest BCUT2D eigenvalue weighted by Gasteiger charge is 2.18. The third-order valence-corrected chi connectivity index (χ3v) is 2.82. The zero-order valence-electron chi connectivity index (χ0n) is 9.29. The van der Waals surface area contributed by atoms with Crippen LogP contribution >= 0.6 is 0 Å². The topological polar surface area (TPSA) is 32.3 Å². The molecular weight excluding hydrogens is 207 g/mol. The summed E-state index contributed by atoms with van der Waals surface area (Å²) in [7, 11) is 0. The Hall–Kier alpha value is -1.42. The molecule has 1 aliphatic rings. The minimum atomic E-state index is -0.319. The molecule has 86 valence electrons. The summed E-state index contributed by atoms with van der Waals surface area (Å²) in [5, 5.41) is 3.17. The zero-order valence-corrected chi connectivity index (χ0v) is 9.29. The Balaban J connectivity index is 2.16. The lowest BCUT2D eigenvalue weighted by molar-refractivity contribution is 0.0735. The summed E-state index contributed by atoms with van der Waals surface area (Å²) in [6, 6.07) is 4.65. The SMILES string of the molecule is Cc1ccc(C(=O)N2CCNCC2)cc1F. The van der Waals surface area contributed by atoms with Crippen molar-refractivity contribution in [2.45, 2.75) is 6.92 Å². The van der Waals surface area contributed by atoms with Crippen LogP contribution in [0.2, 0.25) is 0 Å². The molecule has 0 atom stereocenters. The van der Waals surface area contributed by atoms with Crippen LogP contribution in [0.1, 0.15) is 15.9 Å². The van der Waals surface area contributed by atoms with Gasteiger partial charge in [0.05, 0.1) is 0 Å². The van der Waals surface area contributed by atoms with E-state index in [2.05, 4.69) is 5.32 Å². The van der Waals surface area contributed by atoms with E-state index in [1.165, 1.54) is 6.07 Å². The van der Waals surface area contributed by atoms with Crippen LogP contribution < -0.4 is 5.32 Å². The summed E-state index contributed by atoms with van der Waals surface area (Å²) < 4.78 is 13.3. The molecule has 1 heterocycles. The summed E-state index contributed by atoms with van der Waals surface area (Å²) in [6.07, 6.45) is 0. The number of aryl methyl sites for hydroxylation is 1. The lowest BCUT2D eigenvalue weighted by Crippen LogP contribution is -2.46. The molecule has 0 bridgehead atoms. The Labute approximate surface area is 94.3 Å². The number of nitrogens with zero attached hydrogens (tertiary/aromatic N) is 1. The van der Waals surface area contributed by atoms with Crippen molar-refractivity contribution >= 4 is 5.91 Å². The molecule has 0 aliphatic carbocycles. The molecule has 1 aromatic rings. The van der Waals surface area contributed by atoms with Gasteiger partial charge in [0, 0.05) is 31.7 Å². The molecule has 1 saturated heterocycles. The highest BCUT2D eigenvalue weighted by molar-refractivity contribution is 5.94. The largest absolute Gasteiger partial charge is 0.336 e. The van der Waals surface area contributed by atoms with E-state index < -0.39 is 0 Å². The van der Waals surface area contributed by atoms with Crippen LogP contribution in [0.25, 0.3) is 0 Å². The van der Waals surface area contributed by atoms with Crippen molar-refractivity contribution in [2.24, 2.45) is 0 Å². The van der Waals surface area contributed by atoms with Gasteiger partial charge in [0.15, 0.2) is 0 Å². The normalized spacial score (nSPS) is 16.2. The number of carbonyl (C=O) groups is 1.